The number of carbonyl (C=O) groups is 1. The van der Waals surface area contributed by atoms with Gasteiger partial charge in [-0.25, -0.2) is 4.79 Å². The van der Waals surface area contributed by atoms with Crippen molar-refractivity contribution in [1.29, 1.82) is 0 Å². The Kier molecular flexibility index (Phi) is 4.52. The molecule has 0 radical (unpaired) electrons. The zero-order valence-electron chi connectivity index (χ0n) is 10.8. The average molecular weight is 236 g/mol. The van der Waals surface area contributed by atoms with Crippen LogP contribution in [0.15, 0.2) is 18.2 Å². The van der Waals surface area contributed by atoms with Gasteiger partial charge in [-0.05, 0) is 51.7 Å². The van der Waals surface area contributed by atoms with E-state index in [9.17, 15) is 4.79 Å². The molecule has 0 aromatic heterocycles. The molecule has 0 aliphatic heterocycles. The molecule has 4 heteroatoms. The van der Waals surface area contributed by atoms with E-state index in [1.54, 1.807) is 12.1 Å². The number of nitrogens with one attached hydrogen (secondary N) is 1. The first-order chi connectivity index (χ1) is 7.91. The van der Waals surface area contributed by atoms with Gasteiger partial charge in [0, 0.05) is 18.3 Å². The van der Waals surface area contributed by atoms with E-state index < -0.39 is 5.97 Å². The maximum atomic E-state index is 10.8. The highest BCUT2D eigenvalue weighted by Crippen LogP contribution is 2.16. The summed E-state index contributed by atoms with van der Waals surface area (Å²) in [4.78, 5) is 12.9. The summed E-state index contributed by atoms with van der Waals surface area (Å²) in [5, 5.41) is 12.2. The van der Waals surface area contributed by atoms with Crippen LogP contribution in [0.4, 0.5) is 5.69 Å². The van der Waals surface area contributed by atoms with Gasteiger partial charge in [-0.1, -0.05) is 0 Å². The Bertz CT molecular complexity index is 402. The van der Waals surface area contributed by atoms with E-state index in [0.29, 0.717) is 11.6 Å². The lowest BCUT2D eigenvalue weighted by molar-refractivity contribution is 0.0697. The van der Waals surface area contributed by atoms with E-state index in [1.165, 1.54) is 0 Å². The molecular weight excluding hydrogens is 216 g/mol. The highest BCUT2D eigenvalue weighted by molar-refractivity contribution is 5.88. The van der Waals surface area contributed by atoms with Crippen molar-refractivity contribution in [3.63, 3.8) is 0 Å². The van der Waals surface area contributed by atoms with Gasteiger partial charge in [0.15, 0.2) is 0 Å². The molecule has 0 heterocycles. The number of aryl methyl sites for hydroxylation is 1. The van der Waals surface area contributed by atoms with Crippen LogP contribution >= 0.6 is 0 Å². The van der Waals surface area contributed by atoms with Crippen LogP contribution in [0.25, 0.3) is 0 Å². The van der Waals surface area contributed by atoms with Gasteiger partial charge < -0.3 is 15.3 Å². The monoisotopic (exact) mass is 236 g/mol. The summed E-state index contributed by atoms with van der Waals surface area (Å²) in [5.41, 5.74) is 2.27. The molecule has 0 aliphatic rings. The van der Waals surface area contributed by atoms with Gasteiger partial charge in [0.25, 0.3) is 0 Å². The minimum absolute atomic E-state index is 0.328. The molecule has 1 aromatic carbocycles. The Morgan fingerprint density at radius 1 is 1.47 bits per heavy atom. The van der Waals surface area contributed by atoms with Crippen molar-refractivity contribution in [2.45, 2.75) is 19.9 Å². The number of rotatable bonds is 5. The molecule has 1 rings (SSSR count). The van der Waals surface area contributed by atoms with Gasteiger partial charge in [-0.15, -0.1) is 0 Å². The molecular formula is C13H20N2O2. The summed E-state index contributed by atoms with van der Waals surface area (Å²) < 4.78 is 0. The minimum atomic E-state index is -0.888. The number of hydrogen-bond donors (Lipinski definition) is 2. The van der Waals surface area contributed by atoms with Crippen molar-refractivity contribution in [2.24, 2.45) is 0 Å². The standard InChI is InChI=1S/C13H20N2O2/c1-9-7-11(13(16)17)5-6-12(9)14-8-10(2)15(3)4/h5-7,10,14H,8H2,1-4H3,(H,16,17). The highest BCUT2D eigenvalue weighted by Gasteiger charge is 2.07. The van der Waals surface area contributed by atoms with Crippen molar-refractivity contribution < 1.29 is 9.90 Å². The van der Waals surface area contributed by atoms with E-state index in [2.05, 4.69) is 17.1 Å². The number of nitrogens with zero attached hydrogens (tertiary/aromatic N) is 1. The number of likely N-dealkylation sites (N-methyl/N-ethyl adjacent to an activating group) is 1. The quantitative estimate of drug-likeness (QED) is 0.821. The molecule has 0 saturated carbocycles. The fourth-order valence-electron chi connectivity index (χ4n) is 1.44. The third-order valence-corrected chi connectivity index (χ3v) is 2.94. The summed E-state index contributed by atoms with van der Waals surface area (Å²) >= 11 is 0. The van der Waals surface area contributed by atoms with Gasteiger partial charge in [-0.2, -0.15) is 0 Å². The minimum Gasteiger partial charge on any atom is -0.478 e. The van der Waals surface area contributed by atoms with Crippen molar-refractivity contribution in [1.82, 2.24) is 4.90 Å². The van der Waals surface area contributed by atoms with Gasteiger partial charge in [0.1, 0.15) is 0 Å². The molecule has 1 unspecified atom stereocenters. The van der Waals surface area contributed by atoms with Crippen molar-refractivity contribution >= 4 is 11.7 Å². The Hall–Kier alpha value is -1.55. The Morgan fingerprint density at radius 3 is 2.59 bits per heavy atom. The SMILES string of the molecule is Cc1cc(C(=O)O)ccc1NCC(C)N(C)C. The molecule has 0 saturated heterocycles. The second-order valence-electron chi connectivity index (χ2n) is 4.53. The van der Waals surface area contributed by atoms with E-state index in [4.69, 9.17) is 5.11 Å². The van der Waals surface area contributed by atoms with Crippen molar-refractivity contribution in [3.8, 4) is 0 Å². The molecule has 94 valence electrons. The van der Waals surface area contributed by atoms with Gasteiger partial charge in [-0.3, -0.25) is 0 Å². The summed E-state index contributed by atoms with van der Waals surface area (Å²) in [6.45, 7) is 4.88. The Labute approximate surface area is 102 Å². The van der Waals surface area contributed by atoms with Crippen molar-refractivity contribution in [3.05, 3.63) is 29.3 Å². The fourth-order valence-corrected chi connectivity index (χ4v) is 1.44. The predicted octanol–water partition coefficient (Wildman–Crippen LogP) is 2.06. The van der Waals surface area contributed by atoms with Crippen molar-refractivity contribution in [2.75, 3.05) is 26.0 Å². The van der Waals surface area contributed by atoms with Crippen LogP contribution < -0.4 is 5.32 Å². The molecule has 17 heavy (non-hydrogen) atoms. The zero-order chi connectivity index (χ0) is 13.0. The molecule has 4 nitrogen and oxygen atoms in total. The van der Waals surface area contributed by atoms with E-state index in [-0.39, 0.29) is 0 Å². The molecule has 1 atom stereocenters. The van der Waals surface area contributed by atoms with Crippen LogP contribution in [0.2, 0.25) is 0 Å². The molecule has 1 aromatic rings. The largest absolute Gasteiger partial charge is 0.478 e. The number of aromatic carboxylic acids is 1. The second kappa shape index (κ2) is 5.68. The number of anilines is 1. The van der Waals surface area contributed by atoms with Crippen LogP contribution in [0.3, 0.4) is 0 Å². The van der Waals surface area contributed by atoms with Crippen LogP contribution in [0.1, 0.15) is 22.8 Å². The van der Waals surface area contributed by atoms with Crippen LogP contribution in [-0.2, 0) is 0 Å². The number of benzene rings is 1. The molecule has 0 bridgehead atoms. The lowest BCUT2D eigenvalue weighted by atomic mass is 10.1. The smallest absolute Gasteiger partial charge is 0.335 e. The molecule has 0 amide bonds. The van der Waals surface area contributed by atoms with E-state index in [0.717, 1.165) is 17.8 Å². The van der Waals surface area contributed by atoms with Gasteiger partial charge in [0.05, 0.1) is 5.56 Å². The molecule has 0 fully saturated rings. The molecule has 0 spiro atoms. The summed E-state index contributed by atoms with van der Waals surface area (Å²) in [6, 6.07) is 5.55. The first-order valence-electron chi connectivity index (χ1n) is 5.66. The predicted molar refractivity (Wildman–Crippen MR) is 69.8 cm³/mol. The second-order valence-corrected chi connectivity index (χ2v) is 4.53. The number of carboxylic acid groups (broad SMARTS) is 1. The van der Waals surface area contributed by atoms with Crippen LogP contribution in [0, 0.1) is 6.92 Å². The lowest BCUT2D eigenvalue weighted by Gasteiger charge is -2.21. The summed E-state index contributed by atoms with van der Waals surface area (Å²) in [6.07, 6.45) is 0. The van der Waals surface area contributed by atoms with Crippen LogP contribution in [0.5, 0.6) is 0 Å². The fraction of sp³-hybridized carbons (Fsp3) is 0.462. The average Bonchev–Trinajstić information content (AvgIpc) is 2.26. The topological polar surface area (TPSA) is 52.6 Å². The third-order valence-electron chi connectivity index (χ3n) is 2.94. The highest BCUT2D eigenvalue weighted by atomic mass is 16.4. The summed E-state index contributed by atoms with van der Waals surface area (Å²) in [7, 11) is 4.07. The maximum Gasteiger partial charge on any atom is 0.335 e. The van der Waals surface area contributed by atoms with E-state index >= 15 is 0 Å². The zero-order valence-corrected chi connectivity index (χ0v) is 10.8. The Balaban J connectivity index is 2.70. The number of carboxylic acids is 1. The lowest BCUT2D eigenvalue weighted by Crippen LogP contribution is -2.31. The van der Waals surface area contributed by atoms with Gasteiger partial charge >= 0.3 is 5.97 Å². The Morgan fingerprint density at radius 2 is 2.12 bits per heavy atom. The maximum absolute atomic E-state index is 10.8. The normalized spacial score (nSPS) is 12.5. The van der Waals surface area contributed by atoms with E-state index in [1.807, 2.05) is 27.1 Å². The molecule has 2 N–H and O–H groups in total. The first kappa shape index (κ1) is 13.5. The number of hydrogen-bond acceptors (Lipinski definition) is 3. The first-order valence-corrected chi connectivity index (χ1v) is 5.66. The molecule has 0 aliphatic carbocycles. The van der Waals surface area contributed by atoms with Gasteiger partial charge in [0.2, 0.25) is 0 Å². The summed E-state index contributed by atoms with van der Waals surface area (Å²) in [5.74, 6) is -0.888. The van der Waals surface area contributed by atoms with Crippen LogP contribution in [-0.4, -0.2) is 42.7 Å². The third kappa shape index (κ3) is 3.75.